The van der Waals surface area contributed by atoms with Gasteiger partial charge in [0.15, 0.2) is 5.78 Å². The molecule has 1 saturated heterocycles. The van der Waals surface area contributed by atoms with E-state index >= 15 is 0 Å². The molecule has 2 aromatic rings. The van der Waals surface area contributed by atoms with Crippen LogP contribution in [0.3, 0.4) is 0 Å². The zero-order valence-electron chi connectivity index (χ0n) is 14.8. The number of carbonyl (C=O) groups is 1. The van der Waals surface area contributed by atoms with Gasteiger partial charge in [-0.05, 0) is 74.5 Å². The fourth-order valence-electron chi connectivity index (χ4n) is 3.58. The van der Waals surface area contributed by atoms with Crippen LogP contribution in [-0.2, 0) is 0 Å². The van der Waals surface area contributed by atoms with Crippen LogP contribution in [0.25, 0.3) is 5.57 Å². The van der Waals surface area contributed by atoms with Gasteiger partial charge >= 0.3 is 0 Å². The van der Waals surface area contributed by atoms with Gasteiger partial charge in [0.1, 0.15) is 0 Å². The minimum absolute atomic E-state index is 0.115. The second kappa shape index (κ2) is 7.14. The Morgan fingerprint density at radius 3 is 1.96 bits per heavy atom. The third kappa shape index (κ3) is 3.34. The molecule has 0 amide bonds. The van der Waals surface area contributed by atoms with Crippen LogP contribution in [0.4, 0.5) is 0 Å². The molecule has 0 radical (unpaired) electrons. The molecule has 1 aliphatic rings. The third-order valence-electron chi connectivity index (χ3n) is 4.87. The van der Waals surface area contributed by atoms with Crippen molar-refractivity contribution in [2.75, 3.05) is 13.1 Å². The quantitative estimate of drug-likeness (QED) is 0.831. The molecule has 2 aromatic carbocycles. The van der Waals surface area contributed by atoms with E-state index in [1.54, 1.807) is 6.92 Å². The van der Waals surface area contributed by atoms with Crippen LogP contribution >= 0.6 is 0 Å². The van der Waals surface area contributed by atoms with Crippen molar-refractivity contribution in [1.82, 2.24) is 5.32 Å². The normalized spacial score (nSPS) is 14.5. The van der Waals surface area contributed by atoms with E-state index in [0.717, 1.165) is 31.5 Å². The summed E-state index contributed by atoms with van der Waals surface area (Å²) in [6, 6.07) is 14.6. The smallest absolute Gasteiger partial charge is 0.159 e. The van der Waals surface area contributed by atoms with E-state index in [-0.39, 0.29) is 5.78 Å². The van der Waals surface area contributed by atoms with E-state index < -0.39 is 0 Å². The minimum atomic E-state index is 0.115. The molecular formula is C22H25NO. The molecule has 0 spiro atoms. The van der Waals surface area contributed by atoms with Crippen molar-refractivity contribution in [3.05, 3.63) is 75.9 Å². The number of rotatable bonds is 3. The summed E-state index contributed by atoms with van der Waals surface area (Å²) in [6.45, 7) is 8.07. The topological polar surface area (TPSA) is 29.1 Å². The van der Waals surface area contributed by atoms with Gasteiger partial charge in [-0.1, -0.05) is 48.0 Å². The average molecular weight is 319 g/mol. The first kappa shape index (κ1) is 16.7. The molecule has 0 atom stereocenters. The van der Waals surface area contributed by atoms with Gasteiger partial charge in [-0.3, -0.25) is 4.79 Å². The number of hydrogen-bond acceptors (Lipinski definition) is 2. The van der Waals surface area contributed by atoms with Gasteiger partial charge in [0.25, 0.3) is 0 Å². The minimum Gasteiger partial charge on any atom is -0.316 e. The van der Waals surface area contributed by atoms with E-state index in [1.165, 1.54) is 33.4 Å². The highest BCUT2D eigenvalue weighted by Crippen LogP contribution is 2.34. The van der Waals surface area contributed by atoms with Crippen LogP contribution in [0, 0.1) is 13.8 Å². The summed E-state index contributed by atoms with van der Waals surface area (Å²) in [7, 11) is 0. The lowest BCUT2D eigenvalue weighted by Gasteiger charge is -2.23. The Hall–Kier alpha value is -2.19. The van der Waals surface area contributed by atoms with Crippen LogP contribution in [-0.4, -0.2) is 18.9 Å². The van der Waals surface area contributed by atoms with Crippen molar-refractivity contribution < 1.29 is 4.79 Å². The van der Waals surface area contributed by atoms with Gasteiger partial charge in [0.2, 0.25) is 0 Å². The van der Waals surface area contributed by atoms with Crippen molar-refractivity contribution in [3.8, 4) is 0 Å². The van der Waals surface area contributed by atoms with Crippen molar-refractivity contribution >= 4 is 11.4 Å². The average Bonchev–Trinajstić information content (AvgIpc) is 2.59. The second-order valence-electron chi connectivity index (χ2n) is 6.63. The first-order valence-corrected chi connectivity index (χ1v) is 8.68. The third-order valence-corrected chi connectivity index (χ3v) is 4.87. The maximum absolute atomic E-state index is 11.6. The van der Waals surface area contributed by atoms with E-state index in [2.05, 4.69) is 49.5 Å². The molecule has 24 heavy (non-hydrogen) atoms. The summed E-state index contributed by atoms with van der Waals surface area (Å²) in [5.41, 5.74) is 8.84. The molecule has 3 rings (SSSR count). The highest BCUT2D eigenvalue weighted by molar-refractivity contribution is 5.95. The number of carbonyl (C=O) groups excluding carboxylic acids is 1. The molecular weight excluding hydrogens is 294 g/mol. The maximum atomic E-state index is 11.6. The molecule has 0 saturated carbocycles. The van der Waals surface area contributed by atoms with Gasteiger partial charge in [-0.15, -0.1) is 0 Å². The van der Waals surface area contributed by atoms with Crippen molar-refractivity contribution in [3.63, 3.8) is 0 Å². The Morgan fingerprint density at radius 1 is 0.875 bits per heavy atom. The van der Waals surface area contributed by atoms with Crippen LogP contribution in [0.15, 0.2) is 48.0 Å². The van der Waals surface area contributed by atoms with Gasteiger partial charge in [0.05, 0.1) is 0 Å². The molecule has 0 unspecified atom stereocenters. The summed E-state index contributed by atoms with van der Waals surface area (Å²) in [5.74, 6) is 0.115. The van der Waals surface area contributed by atoms with Crippen molar-refractivity contribution in [2.24, 2.45) is 0 Å². The second-order valence-corrected chi connectivity index (χ2v) is 6.63. The standard InChI is InChI=1S/C22H25NO/c1-15-5-4-6-16(2)21(15)22(20-11-13-23-14-12-20)19-9-7-18(8-10-19)17(3)24/h4-10,23H,11-14H2,1-3H3. The van der Waals surface area contributed by atoms with Crippen LogP contribution in [0.2, 0.25) is 0 Å². The molecule has 0 bridgehead atoms. The lowest BCUT2D eigenvalue weighted by atomic mass is 9.84. The monoisotopic (exact) mass is 319 g/mol. The molecule has 124 valence electrons. The Bertz CT molecular complexity index is 756. The predicted molar refractivity (Wildman–Crippen MR) is 100 cm³/mol. The highest BCUT2D eigenvalue weighted by Gasteiger charge is 2.18. The Balaban J connectivity index is 2.18. The van der Waals surface area contributed by atoms with Crippen molar-refractivity contribution in [1.29, 1.82) is 0 Å². The Morgan fingerprint density at radius 2 is 1.42 bits per heavy atom. The summed E-state index contributed by atoms with van der Waals surface area (Å²) in [6.07, 6.45) is 2.16. The van der Waals surface area contributed by atoms with Gasteiger partial charge < -0.3 is 5.32 Å². The molecule has 0 aromatic heterocycles. The Labute approximate surface area is 144 Å². The maximum Gasteiger partial charge on any atom is 0.159 e. The van der Waals surface area contributed by atoms with Gasteiger partial charge in [0, 0.05) is 5.56 Å². The van der Waals surface area contributed by atoms with E-state index in [0.29, 0.717) is 0 Å². The summed E-state index contributed by atoms with van der Waals surface area (Å²) < 4.78 is 0. The molecule has 1 N–H and O–H groups in total. The molecule has 2 nitrogen and oxygen atoms in total. The van der Waals surface area contributed by atoms with Gasteiger partial charge in [-0.2, -0.15) is 0 Å². The fraction of sp³-hybridized carbons (Fsp3) is 0.318. The molecule has 2 heteroatoms. The highest BCUT2D eigenvalue weighted by atomic mass is 16.1. The Kier molecular flexibility index (Phi) is 4.96. The summed E-state index contributed by atoms with van der Waals surface area (Å²) >= 11 is 0. The lowest BCUT2D eigenvalue weighted by molar-refractivity contribution is 0.101. The largest absolute Gasteiger partial charge is 0.316 e. The number of nitrogens with one attached hydrogen (secondary N) is 1. The number of hydrogen-bond donors (Lipinski definition) is 1. The first-order valence-electron chi connectivity index (χ1n) is 8.68. The van der Waals surface area contributed by atoms with E-state index in [1.807, 2.05) is 12.1 Å². The zero-order valence-corrected chi connectivity index (χ0v) is 14.8. The predicted octanol–water partition coefficient (Wildman–Crippen LogP) is 4.69. The number of Topliss-reactive ketones (excluding diaryl/α,β-unsaturated/α-hetero) is 1. The molecule has 0 aliphatic carbocycles. The fourth-order valence-corrected chi connectivity index (χ4v) is 3.58. The van der Waals surface area contributed by atoms with Gasteiger partial charge in [-0.25, -0.2) is 0 Å². The van der Waals surface area contributed by atoms with Crippen molar-refractivity contribution in [2.45, 2.75) is 33.6 Å². The summed E-state index contributed by atoms with van der Waals surface area (Å²) in [5, 5.41) is 3.45. The SMILES string of the molecule is CC(=O)c1ccc(C(=C2CCNCC2)c2c(C)cccc2C)cc1. The molecule has 1 heterocycles. The zero-order chi connectivity index (χ0) is 17.1. The lowest BCUT2D eigenvalue weighted by Crippen LogP contribution is -2.24. The summed E-state index contributed by atoms with van der Waals surface area (Å²) in [4.78, 5) is 11.6. The van der Waals surface area contributed by atoms with E-state index in [9.17, 15) is 4.79 Å². The number of aryl methyl sites for hydroxylation is 2. The molecule has 1 fully saturated rings. The molecule has 1 aliphatic heterocycles. The number of piperidine rings is 1. The number of ketones is 1. The first-order chi connectivity index (χ1) is 11.6. The van der Waals surface area contributed by atoms with Crippen LogP contribution < -0.4 is 5.32 Å². The van der Waals surface area contributed by atoms with E-state index in [4.69, 9.17) is 0 Å². The number of benzene rings is 2. The van der Waals surface area contributed by atoms with Crippen LogP contribution in [0.1, 0.15) is 52.4 Å². The van der Waals surface area contributed by atoms with Crippen LogP contribution in [0.5, 0.6) is 0 Å².